The summed E-state index contributed by atoms with van der Waals surface area (Å²) < 4.78 is 5.28. The van der Waals surface area contributed by atoms with Gasteiger partial charge in [0.15, 0.2) is 0 Å². The van der Waals surface area contributed by atoms with E-state index in [1.807, 2.05) is 13.0 Å². The van der Waals surface area contributed by atoms with Crippen LogP contribution in [0.3, 0.4) is 0 Å². The van der Waals surface area contributed by atoms with Crippen LogP contribution in [0.25, 0.3) is 0 Å². The van der Waals surface area contributed by atoms with E-state index in [0.717, 1.165) is 5.69 Å². The Morgan fingerprint density at radius 3 is 2.94 bits per heavy atom. The summed E-state index contributed by atoms with van der Waals surface area (Å²) >= 11 is 0. The zero-order valence-corrected chi connectivity index (χ0v) is 9.50. The highest BCUT2D eigenvalue weighted by atomic mass is 16.5. The van der Waals surface area contributed by atoms with Crippen LogP contribution in [0, 0.1) is 0 Å². The number of nitrogens with one attached hydrogen (secondary N) is 1. The molecule has 0 aliphatic heterocycles. The molecule has 6 nitrogen and oxygen atoms in total. The summed E-state index contributed by atoms with van der Waals surface area (Å²) in [7, 11) is 0. The van der Waals surface area contributed by atoms with Gasteiger partial charge in [-0.3, -0.25) is 0 Å². The SMILES string of the molecule is CCOc1ccnc(NCc2ccncn2)n1. The maximum absolute atomic E-state index is 5.28. The lowest BCUT2D eigenvalue weighted by Crippen LogP contribution is -2.06. The molecule has 0 atom stereocenters. The molecule has 2 aromatic heterocycles. The molecule has 0 bridgehead atoms. The van der Waals surface area contributed by atoms with Crippen molar-refractivity contribution in [2.45, 2.75) is 13.5 Å². The fraction of sp³-hybridized carbons (Fsp3) is 0.273. The molecule has 0 unspecified atom stereocenters. The minimum absolute atomic E-state index is 0.523. The van der Waals surface area contributed by atoms with Crippen molar-refractivity contribution >= 4 is 5.95 Å². The molecule has 0 fully saturated rings. The molecule has 2 rings (SSSR count). The molecule has 17 heavy (non-hydrogen) atoms. The zero-order valence-electron chi connectivity index (χ0n) is 9.50. The van der Waals surface area contributed by atoms with Gasteiger partial charge in [0.1, 0.15) is 6.33 Å². The van der Waals surface area contributed by atoms with Gasteiger partial charge in [0.05, 0.1) is 18.8 Å². The smallest absolute Gasteiger partial charge is 0.226 e. The minimum Gasteiger partial charge on any atom is -0.478 e. The summed E-state index contributed by atoms with van der Waals surface area (Å²) in [6.07, 6.45) is 4.86. The molecule has 0 amide bonds. The molecule has 2 aromatic rings. The lowest BCUT2D eigenvalue weighted by molar-refractivity contribution is 0.326. The van der Waals surface area contributed by atoms with Gasteiger partial charge >= 0.3 is 0 Å². The predicted octanol–water partition coefficient (Wildman–Crippen LogP) is 1.28. The van der Waals surface area contributed by atoms with Gasteiger partial charge in [0.25, 0.3) is 0 Å². The van der Waals surface area contributed by atoms with Crippen LogP contribution in [0.5, 0.6) is 5.88 Å². The Balaban J connectivity index is 1.97. The highest BCUT2D eigenvalue weighted by molar-refractivity contribution is 5.28. The van der Waals surface area contributed by atoms with E-state index in [9.17, 15) is 0 Å². The van der Waals surface area contributed by atoms with Crippen molar-refractivity contribution in [2.24, 2.45) is 0 Å². The van der Waals surface area contributed by atoms with Gasteiger partial charge in [-0.05, 0) is 13.0 Å². The summed E-state index contributed by atoms with van der Waals surface area (Å²) in [6, 6.07) is 3.55. The number of ether oxygens (including phenoxy) is 1. The van der Waals surface area contributed by atoms with Crippen LogP contribution in [0.4, 0.5) is 5.95 Å². The molecular weight excluding hydrogens is 218 g/mol. The average Bonchev–Trinajstić information content (AvgIpc) is 2.39. The first-order valence-electron chi connectivity index (χ1n) is 5.33. The fourth-order valence-electron chi connectivity index (χ4n) is 1.25. The van der Waals surface area contributed by atoms with E-state index in [4.69, 9.17) is 4.74 Å². The topological polar surface area (TPSA) is 72.8 Å². The Hall–Kier alpha value is -2.24. The Morgan fingerprint density at radius 2 is 2.18 bits per heavy atom. The third-order valence-electron chi connectivity index (χ3n) is 1.99. The van der Waals surface area contributed by atoms with Crippen LogP contribution < -0.4 is 10.1 Å². The second kappa shape index (κ2) is 5.74. The maximum Gasteiger partial charge on any atom is 0.226 e. The van der Waals surface area contributed by atoms with E-state index in [-0.39, 0.29) is 0 Å². The lowest BCUT2D eigenvalue weighted by atomic mass is 10.4. The van der Waals surface area contributed by atoms with E-state index < -0.39 is 0 Å². The highest BCUT2D eigenvalue weighted by Gasteiger charge is 1.99. The zero-order chi connectivity index (χ0) is 11.9. The number of rotatable bonds is 5. The van der Waals surface area contributed by atoms with Crippen LogP contribution in [-0.2, 0) is 6.54 Å². The van der Waals surface area contributed by atoms with Crippen molar-refractivity contribution in [3.63, 3.8) is 0 Å². The van der Waals surface area contributed by atoms with Crippen LogP contribution in [0.15, 0.2) is 30.9 Å². The van der Waals surface area contributed by atoms with E-state index in [1.54, 1.807) is 18.5 Å². The molecule has 0 saturated carbocycles. The molecule has 6 heteroatoms. The summed E-state index contributed by atoms with van der Waals surface area (Å²) in [5, 5.41) is 3.07. The monoisotopic (exact) mass is 231 g/mol. The van der Waals surface area contributed by atoms with E-state index in [0.29, 0.717) is 25.0 Å². The number of nitrogens with zero attached hydrogens (tertiary/aromatic N) is 4. The fourth-order valence-corrected chi connectivity index (χ4v) is 1.25. The first kappa shape index (κ1) is 11.3. The van der Waals surface area contributed by atoms with Gasteiger partial charge in [-0.1, -0.05) is 0 Å². The van der Waals surface area contributed by atoms with E-state index in [1.165, 1.54) is 6.33 Å². The van der Waals surface area contributed by atoms with Gasteiger partial charge < -0.3 is 10.1 Å². The van der Waals surface area contributed by atoms with Crippen molar-refractivity contribution in [1.29, 1.82) is 0 Å². The Bertz CT molecular complexity index is 462. The number of hydrogen-bond acceptors (Lipinski definition) is 6. The van der Waals surface area contributed by atoms with Crippen LogP contribution in [0.2, 0.25) is 0 Å². The molecular formula is C11H13N5O. The van der Waals surface area contributed by atoms with Crippen molar-refractivity contribution in [1.82, 2.24) is 19.9 Å². The van der Waals surface area contributed by atoms with Gasteiger partial charge in [-0.25, -0.2) is 15.0 Å². The standard InChI is InChI=1S/C11H13N5O/c1-2-17-10-4-6-13-11(16-10)14-7-9-3-5-12-8-15-9/h3-6,8H,2,7H2,1H3,(H,13,14,16). The lowest BCUT2D eigenvalue weighted by Gasteiger charge is -2.05. The third kappa shape index (κ3) is 3.37. The van der Waals surface area contributed by atoms with E-state index >= 15 is 0 Å². The van der Waals surface area contributed by atoms with Crippen molar-refractivity contribution in [3.8, 4) is 5.88 Å². The number of hydrogen-bond donors (Lipinski definition) is 1. The molecule has 0 spiro atoms. The summed E-state index contributed by atoms with van der Waals surface area (Å²) in [5.41, 5.74) is 0.880. The van der Waals surface area contributed by atoms with Gasteiger partial charge in [0, 0.05) is 18.5 Å². The van der Waals surface area contributed by atoms with Crippen molar-refractivity contribution in [2.75, 3.05) is 11.9 Å². The van der Waals surface area contributed by atoms with Gasteiger partial charge in [-0.15, -0.1) is 0 Å². The Labute approximate surface area is 99.1 Å². The second-order valence-electron chi connectivity index (χ2n) is 3.21. The third-order valence-corrected chi connectivity index (χ3v) is 1.99. The molecule has 0 aliphatic rings. The van der Waals surface area contributed by atoms with Gasteiger partial charge in [-0.2, -0.15) is 4.98 Å². The van der Waals surface area contributed by atoms with Crippen LogP contribution >= 0.6 is 0 Å². The predicted molar refractivity (Wildman–Crippen MR) is 62.6 cm³/mol. The first-order chi connectivity index (χ1) is 8.38. The number of aromatic nitrogens is 4. The molecule has 0 radical (unpaired) electrons. The van der Waals surface area contributed by atoms with Crippen LogP contribution in [-0.4, -0.2) is 26.5 Å². The molecule has 0 saturated heterocycles. The number of anilines is 1. The molecule has 88 valence electrons. The van der Waals surface area contributed by atoms with E-state index in [2.05, 4.69) is 25.3 Å². The summed E-state index contributed by atoms with van der Waals surface area (Å²) in [4.78, 5) is 16.2. The van der Waals surface area contributed by atoms with Gasteiger partial charge in [0.2, 0.25) is 11.8 Å². The normalized spacial score (nSPS) is 9.94. The minimum atomic E-state index is 0.523. The molecule has 1 N–H and O–H groups in total. The Morgan fingerprint density at radius 1 is 1.24 bits per heavy atom. The van der Waals surface area contributed by atoms with Crippen molar-refractivity contribution in [3.05, 3.63) is 36.5 Å². The molecule has 0 aromatic carbocycles. The highest BCUT2D eigenvalue weighted by Crippen LogP contribution is 2.08. The van der Waals surface area contributed by atoms with Crippen molar-refractivity contribution < 1.29 is 4.74 Å². The first-order valence-corrected chi connectivity index (χ1v) is 5.33. The quantitative estimate of drug-likeness (QED) is 0.835. The Kier molecular flexibility index (Phi) is 3.80. The average molecular weight is 231 g/mol. The molecule has 2 heterocycles. The second-order valence-corrected chi connectivity index (χ2v) is 3.21. The summed E-state index contributed by atoms with van der Waals surface area (Å²) in [5.74, 6) is 1.09. The van der Waals surface area contributed by atoms with Crippen LogP contribution in [0.1, 0.15) is 12.6 Å². The maximum atomic E-state index is 5.28. The largest absolute Gasteiger partial charge is 0.478 e. The molecule has 0 aliphatic carbocycles. The summed E-state index contributed by atoms with van der Waals surface area (Å²) in [6.45, 7) is 3.05.